The third-order valence-electron chi connectivity index (χ3n) is 4.18. The fraction of sp³-hybridized carbons (Fsp3) is 0.227. The third kappa shape index (κ3) is 5.44. The molecule has 0 fully saturated rings. The largest absolute Gasteiger partial charge is 0.486 e. The Bertz CT molecular complexity index is 966. The lowest BCUT2D eigenvalue weighted by atomic mass is 10.1. The Morgan fingerprint density at radius 3 is 2.59 bits per heavy atom. The molecule has 0 saturated carbocycles. The summed E-state index contributed by atoms with van der Waals surface area (Å²) in [4.78, 5) is 35.7. The summed E-state index contributed by atoms with van der Waals surface area (Å²) < 4.78 is 16.1. The molecule has 0 aromatic heterocycles. The summed E-state index contributed by atoms with van der Waals surface area (Å²) in [6, 6.07) is 11.9. The number of carbonyl (C=O) groups excluding carboxylic acids is 3. The minimum absolute atomic E-state index is 0.107. The first-order valence-corrected chi connectivity index (χ1v) is 9.12. The van der Waals surface area contributed by atoms with Crippen LogP contribution >= 0.6 is 0 Å². The van der Waals surface area contributed by atoms with Crippen LogP contribution in [0.15, 0.2) is 48.5 Å². The Balaban J connectivity index is 1.55. The van der Waals surface area contributed by atoms with E-state index in [0.29, 0.717) is 36.0 Å². The van der Waals surface area contributed by atoms with Crippen molar-refractivity contribution in [3.8, 4) is 11.5 Å². The van der Waals surface area contributed by atoms with E-state index in [-0.39, 0.29) is 5.78 Å². The number of esters is 1. The van der Waals surface area contributed by atoms with Gasteiger partial charge in [0.2, 0.25) is 0 Å². The lowest BCUT2D eigenvalue weighted by Crippen LogP contribution is -2.29. The lowest BCUT2D eigenvalue weighted by Gasteiger charge is -2.18. The van der Waals surface area contributed by atoms with E-state index < -0.39 is 18.0 Å². The highest BCUT2D eigenvalue weighted by Gasteiger charge is 2.17. The summed E-state index contributed by atoms with van der Waals surface area (Å²) >= 11 is 0. The van der Waals surface area contributed by atoms with Gasteiger partial charge in [-0.15, -0.1) is 0 Å². The van der Waals surface area contributed by atoms with Gasteiger partial charge in [-0.05, 0) is 49.8 Å². The fourth-order valence-corrected chi connectivity index (χ4v) is 2.65. The van der Waals surface area contributed by atoms with Gasteiger partial charge in [-0.3, -0.25) is 9.59 Å². The highest BCUT2D eigenvalue weighted by Crippen LogP contribution is 2.31. The normalized spacial score (nSPS) is 13.6. The van der Waals surface area contributed by atoms with Gasteiger partial charge in [0.1, 0.15) is 13.2 Å². The predicted octanol–water partition coefficient (Wildman–Crippen LogP) is 3.24. The van der Waals surface area contributed by atoms with Crippen LogP contribution in [0.4, 0.5) is 5.69 Å². The molecule has 1 aliphatic rings. The number of fused-ring (bicyclic) bond motifs is 1. The Morgan fingerprint density at radius 1 is 1.07 bits per heavy atom. The number of anilines is 1. The van der Waals surface area contributed by atoms with E-state index in [4.69, 9.17) is 14.2 Å². The van der Waals surface area contributed by atoms with Crippen molar-refractivity contribution in [2.45, 2.75) is 20.0 Å². The molecular formula is C22H21NO6. The van der Waals surface area contributed by atoms with Gasteiger partial charge in [-0.1, -0.05) is 18.2 Å². The minimum atomic E-state index is -1.01. The molecule has 3 rings (SSSR count). The zero-order valence-corrected chi connectivity index (χ0v) is 16.1. The smallest absolute Gasteiger partial charge is 0.331 e. The van der Waals surface area contributed by atoms with E-state index >= 15 is 0 Å². The molecule has 0 radical (unpaired) electrons. The fourth-order valence-electron chi connectivity index (χ4n) is 2.65. The molecule has 2 aromatic carbocycles. The topological polar surface area (TPSA) is 90.9 Å². The van der Waals surface area contributed by atoms with Crippen LogP contribution in [-0.4, -0.2) is 37.0 Å². The first kappa shape index (κ1) is 20.1. The molecule has 0 spiro atoms. The van der Waals surface area contributed by atoms with Gasteiger partial charge in [0, 0.05) is 17.3 Å². The van der Waals surface area contributed by atoms with E-state index in [0.717, 1.165) is 5.56 Å². The summed E-state index contributed by atoms with van der Waals surface area (Å²) in [6.07, 6.45) is 1.81. The van der Waals surface area contributed by atoms with E-state index in [9.17, 15) is 14.4 Å². The number of carbonyl (C=O) groups is 3. The monoisotopic (exact) mass is 395 g/mol. The molecule has 0 saturated heterocycles. The van der Waals surface area contributed by atoms with Gasteiger partial charge < -0.3 is 19.5 Å². The van der Waals surface area contributed by atoms with Crippen LogP contribution in [0.25, 0.3) is 6.08 Å². The molecule has 0 aliphatic carbocycles. The molecule has 7 heteroatoms. The summed E-state index contributed by atoms with van der Waals surface area (Å²) in [5.41, 5.74) is 1.68. The maximum absolute atomic E-state index is 12.2. The zero-order chi connectivity index (χ0) is 20.8. The van der Waals surface area contributed by atoms with Gasteiger partial charge in [0.15, 0.2) is 23.4 Å². The van der Waals surface area contributed by atoms with E-state index in [1.165, 1.54) is 19.9 Å². The molecule has 2 aromatic rings. The van der Waals surface area contributed by atoms with Crippen molar-refractivity contribution >= 4 is 29.4 Å². The Labute approximate surface area is 168 Å². The number of nitrogens with one attached hydrogen (secondary N) is 1. The molecule has 1 aliphatic heterocycles. The van der Waals surface area contributed by atoms with E-state index in [1.807, 2.05) is 0 Å². The third-order valence-corrected chi connectivity index (χ3v) is 4.18. The lowest BCUT2D eigenvalue weighted by molar-refractivity contribution is -0.148. The number of amides is 1. The number of Topliss-reactive ketones (excluding diaryl/α,β-unsaturated/α-hetero) is 1. The Kier molecular flexibility index (Phi) is 6.29. The summed E-state index contributed by atoms with van der Waals surface area (Å²) in [7, 11) is 0. The van der Waals surface area contributed by atoms with Gasteiger partial charge in [0.05, 0.1) is 0 Å². The maximum atomic E-state index is 12.2. The SMILES string of the molecule is CC(=O)c1cccc(NC(=O)[C@@H](C)OC(=O)/C=C/c2ccc3c(c2)OCCO3)c1. The van der Waals surface area contributed by atoms with Crippen LogP contribution in [0.1, 0.15) is 29.8 Å². The van der Waals surface area contributed by atoms with Crippen molar-refractivity contribution in [1.82, 2.24) is 0 Å². The van der Waals surface area contributed by atoms with Crippen LogP contribution in [0.2, 0.25) is 0 Å². The standard InChI is InChI=1S/C22H21NO6/c1-14(24)17-4-3-5-18(13-17)23-22(26)15(2)29-21(25)9-7-16-6-8-19-20(12-16)28-11-10-27-19/h3-9,12-13,15H,10-11H2,1-2H3,(H,23,26)/b9-7+/t15-/m1/s1. The number of hydrogen-bond acceptors (Lipinski definition) is 6. The predicted molar refractivity (Wildman–Crippen MR) is 107 cm³/mol. The van der Waals surface area contributed by atoms with Crippen molar-refractivity contribution in [2.75, 3.05) is 18.5 Å². The number of ether oxygens (including phenoxy) is 3. The quantitative estimate of drug-likeness (QED) is 0.459. The van der Waals surface area contributed by atoms with Gasteiger partial charge in [0.25, 0.3) is 5.91 Å². The summed E-state index contributed by atoms with van der Waals surface area (Å²) in [5, 5.41) is 2.63. The molecule has 29 heavy (non-hydrogen) atoms. The van der Waals surface area contributed by atoms with Gasteiger partial charge in [-0.2, -0.15) is 0 Å². The molecule has 1 amide bonds. The molecular weight excluding hydrogens is 374 g/mol. The zero-order valence-electron chi connectivity index (χ0n) is 16.1. The molecule has 7 nitrogen and oxygen atoms in total. The Hall–Kier alpha value is -3.61. The molecule has 1 heterocycles. The number of ketones is 1. The minimum Gasteiger partial charge on any atom is -0.486 e. The van der Waals surface area contributed by atoms with Crippen molar-refractivity contribution in [2.24, 2.45) is 0 Å². The molecule has 0 unspecified atom stereocenters. The van der Waals surface area contributed by atoms with Gasteiger partial charge in [-0.25, -0.2) is 4.79 Å². The molecule has 150 valence electrons. The summed E-state index contributed by atoms with van der Waals surface area (Å²) in [5.74, 6) is 0.0269. The highest BCUT2D eigenvalue weighted by atomic mass is 16.6. The van der Waals surface area contributed by atoms with Crippen molar-refractivity contribution < 1.29 is 28.6 Å². The number of benzene rings is 2. The number of rotatable bonds is 6. The molecule has 1 atom stereocenters. The first-order chi connectivity index (χ1) is 13.9. The average molecular weight is 395 g/mol. The van der Waals surface area contributed by atoms with Crippen LogP contribution < -0.4 is 14.8 Å². The second-order valence-electron chi connectivity index (χ2n) is 6.44. The molecule has 1 N–H and O–H groups in total. The second-order valence-corrected chi connectivity index (χ2v) is 6.44. The Morgan fingerprint density at radius 2 is 1.83 bits per heavy atom. The number of hydrogen-bond donors (Lipinski definition) is 1. The average Bonchev–Trinajstić information content (AvgIpc) is 2.72. The van der Waals surface area contributed by atoms with E-state index in [2.05, 4.69) is 5.32 Å². The summed E-state index contributed by atoms with van der Waals surface area (Å²) in [6.45, 7) is 3.90. The van der Waals surface area contributed by atoms with Crippen molar-refractivity contribution in [3.63, 3.8) is 0 Å². The highest BCUT2D eigenvalue weighted by molar-refractivity contribution is 5.99. The van der Waals surface area contributed by atoms with Crippen LogP contribution in [-0.2, 0) is 14.3 Å². The van der Waals surface area contributed by atoms with Crippen LogP contribution in [0.5, 0.6) is 11.5 Å². The second kappa shape index (κ2) is 9.05. The van der Waals surface area contributed by atoms with Crippen LogP contribution in [0.3, 0.4) is 0 Å². The molecule has 0 bridgehead atoms. The van der Waals surface area contributed by atoms with Crippen molar-refractivity contribution in [3.05, 3.63) is 59.7 Å². The van der Waals surface area contributed by atoms with Gasteiger partial charge >= 0.3 is 5.97 Å². The first-order valence-electron chi connectivity index (χ1n) is 9.12. The van der Waals surface area contributed by atoms with E-state index in [1.54, 1.807) is 48.5 Å². The maximum Gasteiger partial charge on any atom is 0.331 e. The van der Waals surface area contributed by atoms with Crippen LogP contribution in [0, 0.1) is 0 Å². The van der Waals surface area contributed by atoms with Crippen molar-refractivity contribution in [1.29, 1.82) is 0 Å².